The van der Waals surface area contributed by atoms with E-state index in [1.807, 2.05) is 0 Å². The number of sulfonamides is 1. The summed E-state index contributed by atoms with van der Waals surface area (Å²) in [4.78, 5) is 24.4. The summed E-state index contributed by atoms with van der Waals surface area (Å²) < 4.78 is 41.3. The van der Waals surface area contributed by atoms with Crippen LogP contribution >= 0.6 is 11.6 Å². The molecule has 0 fully saturated rings. The highest BCUT2D eigenvalue weighted by Crippen LogP contribution is 2.24. The molecular weight excluding hydrogens is 469 g/mol. The van der Waals surface area contributed by atoms with Gasteiger partial charge in [-0.25, -0.2) is 12.8 Å². The maximum absolute atomic E-state index is 13.6. The number of hydrogen-bond acceptors (Lipinski definition) is 4. The van der Waals surface area contributed by atoms with E-state index in [0.29, 0.717) is 5.56 Å². The molecule has 0 aromatic heterocycles. The number of aryl methyl sites for hydroxylation is 1. The van der Waals surface area contributed by atoms with E-state index in [-0.39, 0.29) is 39.8 Å². The SMILES string of the molecule is Cc1ccc(C(=O)NCCNC(=O)c2cccc(S(=O)(=O)Nc3ccccc3Cl)c2)cc1F. The van der Waals surface area contributed by atoms with Gasteiger partial charge < -0.3 is 10.6 Å². The van der Waals surface area contributed by atoms with E-state index >= 15 is 0 Å². The number of hydrogen-bond donors (Lipinski definition) is 3. The van der Waals surface area contributed by atoms with Crippen molar-refractivity contribution in [2.45, 2.75) is 11.8 Å². The van der Waals surface area contributed by atoms with Gasteiger partial charge in [0.05, 0.1) is 15.6 Å². The van der Waals surface area contributed by atoms with E-state index in [4.69, 9.17) is 11.6 Å². The van der Waals surface area contributed by atoms with Gasteiger partial charge in [-0.15, -0.1) is 0 Å². The number of amides is 2. The molecule has 7 nitrogen and oxygen atoms in total. The van der Waals surface area contributed by atoms with Crippen LogP contribution in [0.5, 0.6) is 0 Å². The molecule has 0 spiro atoms. The first-order valence-corrected chi connectivity index (χ1v) is 11.7. The molecule has 2 amide bonds. The van der Waals surface area contributed by atoms with Crippen molar-refractivity contribution in [3.63, 3.8) is 0 Å². The van der Waals surface area contributed by atoms with E-state index in [1.54, 1.807) is 25.1 Å². The highest BCUT2D eigenvalue weighted by atomic mass is 35.5. The number of nitrogens with one attached hydrogen (secondary N) is 3. The molecule has 0 radical (unpaired) electrons. The average molecular weight is 490 g/mol. The quantitative estimate of drug-likeness (QED) is 0.419. The van der Waals surface area contributed by atoms with Crippen LogP contribution in [0.1, 0.15) is 26.3 Å². The van der Waals surface area contributed by atoms with E-state index in [0.717, 1.165) is 6.07 Å². The van der Waals surface area contributed by atoms with E-state index in [1.165, 1.54) is 42.5 Å². The van der Waals surface area contributed by atoms with Gasteiger partial charge in [-0.1, -0.05) is 35.9 Å². The van der Waals surface area contributed by atoms with Gasteiger partial charge >= 0.3 is 0 Å². The number of anilines is 1. The lowest BCUT2D eigenvalue weighted by molar-refractivity contribution is 0.0927. The molecule has 0 saturated heterocycles. The zero-order chi connectivity index (χ0) is 24.0. The van der Waals surface area contributed by atoms with Crippen molar-refractivity contribution >= 4 is 39.1 Å². The zero-order valence-electron chi connectivity index (χ0n) is 17.6. The molecule has 0 aliphatic carbocycles. The van der Waals surface area contributed by atoms with Crippen LogP contribution in [0.25, 0.3) is 0 Å². The fourth-order valence-electron chi connectivity index (χ4n) is 2.84. The van der Waals surface area contributed by atoms with Gasteiger partial charge in [-0.3, -0.25) is 14.3 Å². The summed E-state index contributed by atoms with van der Waals surface area (Å²) in [6.07, 6.45) is 0. The Hall–Kier alpha value is -3.43. The van der Waals surface area contributed by atoms with Crippen LogP contribution in [-0.4, -0.2) is 33.3 Å². The fourth-order valence-corrected chi connectivity index (χ4v) is 4.21. The van der Waals surface area contributed by atoms with Gasteiger partial charge in [0.15, 0.2) is 0 Å². The number of rotatable bonds is 8. The van der Waals surface area contributed by atoms with Crippen molar-refractivity contribution in [2.24, 2.45) is 0 Å². The van der Waals surface area contributed by atoms with Crippen LogP contribution in [0.2, 0.25) is 5.02 Å². The Morgan fingerprint density at radius 1 is 0.879 bits per heavy atom. The Morgan fingerprint density at radius 3 is 2.15 bits per heavy atom. The Bertz CT molecular complexity index is 1300. The summed E-state index contributed by atoms with van der Waals surface area (Å²) in [6, 6.07) is 16.1. The third kappa shape index (κ3) is 6.30. The van der Waals surface area contributed by atoms with Gasteiger partial charge in [0.1, 0.15) is 5.82 Å². The predicted octanol–water partition coefficient (Wildman–Crippen LogP) is 3.75. The van der Waals surface area contributed by atoms with E-state index in [9.17, 15) is 22.4 Å². The minimum absolute atomic E-state index is 0.0910. The summed E-state index contributed by atoms with van der Waals surface area (Å²) in [7, 11) is -3.97. The second kappa shape index (κ2) is 10.5. The molecule has 0 saturated carbocycles. The van der Waals surface area contributed by atoms with Crippen LogP contribution in [0.4, 0.5) is 10.1 Å². The normalized spacial score (nSPS) is 11.0. The molecule has 0 unspecified atom stereocenters. The maximum atomic E-state index is 13.6. The smallest absolute Gasteiger partial charge is 0.261 e. The molecule has 0 aliphatic heterocycles. The topological polar surface area (TPSA) is 104 Å². The molecule has 0 atom stereocenters. The minimum Gasteiger partial charge on any atom is -0.350 e. The Morgan fingerprint density at radius 2 is 1.52 bits per heavy atom. The van der Waals surface area contributed by atoms with Gasteiger partial charge in [-0.2, -0.15) is 0 Å². The lowest BCUT2D eigenvalue weighted by atomic mass is 10.1. The third-order valence-corrected chi connectivity index (χ3v) is 6.35. The van der Waals surface area contributed by atoms with E-state index in [2.05, 4.69) is 15.4 Å². The lowest BCUT2D eigenvalue weighted by Crippen LogP contribution is -2.34. The number of benzene rings is 3. The first kappa shape index (κ1) is 24.2. The summed E-state index contributed by atoms with van der Waals surface area (Å²) in [6.45, 7) is 1.79. The van der Waals surface area contributed by atoms with Crippen molar-refractivity contribution in [3.8, 4) is 0 Å². The summed E-state index contributed by atoms with van der Waals surface area (Å²) in [5, 5.41) is 5.42. The van der Waals surface area contributed by atoms with Crippen LogP contribution in [0, 0.1) is 12.7 Å². The van der Waals surface area contributed by atoms with Gasteiger partial charge in [0.2, 0.25) is 0 Å². The molecule has 0 aliphatic rings. The van der Waals surface area contributed by atoms with Gasteiger partial charge in [0.25, 0.3) is 21.8 Å². The molecule has 33 heavy (non-hydrogen) atoms. The molecule has 0 heterocycles. The first-order valence-electron chi connectivity index (χ1n) is 9.87. The summed E-state index contributed by atoms with van der Waals surface area (Å²) in [5.41, 5.74) is 0.959. The largest absolute Gasteiger partial charge is 0.350 e. The van der Waals surface area contributed by atoms with Crippen LogP contribution in [0.15, 0.2) is 71.6 Å². The Balaban J connectivity index is 1.57. The summed E-state index contributed by atoms with van der Waals surface area (Å²) in [5.74, 6) is -1.46. The minimum atomic E-state index is -3.97. The van der Waals surface area contributed by atoms with Crippen LogP contribution < -0.4 is 15.4 Å². The molecular formula is C23H21ClFN3O4S. The highest BCUT2D eigenvalue weighted by Gasteiger charge is 2.17. The predicted molar refractivity (Wildman–Crippen MR) is 125 cm³/mol. The summed E-state index contributed by atoms with van der Waals surface area (Å²) >= 11 is 6.01. The number of para-hydroxylation sites is 1. The first-order chi connectivity index (χ1) is 15.7. The Kier molecular flexibility index (Phi) is 7.67. The number of carbonyl (C=O) groups is 2. The Labute approximate surface area is 196 Å². The monoisotopic (exact) mass is 489 g/mol. The van der Waals surface area contributed by atoms with Crippen LogP contribution in [-0.2, 0) is 10.0 Å². The molecule has 172 valence electrons. The van der Waals surface area contributed by atoms with Crippen LogP contribution in [0.3, 0.4) is 0 Å². The third-order valence-electron chi connectivity index (χ3n) is 4.65. The fraction of sp³-hybridized carbons (Fsp3) is 0.130. The van der Waals surface area contributed by atoms with Crippen molar-refractivity contribution in [1.29, 1.82) is 0 Å². The standard InChI is InChI=1S/C23H21ClFN3O4S/c1-15-9-10-17(14-20(15)25)23(30)27-12-11-26-22(29)16-5-4-6-18(13-16)33(31,32)28-21-8-3-2-7-19(21)24/h2-10,13-14,28H,11-12H2,1H3,(H,26,29)(H,27,30). The molecule has 10 heteroatoms. The molecule has 0 bridgehead atoms. The average Bonchev–Trinajstić information content (AvgIpc) is 2.79. The number of halogens is 2. The molecule has 3 N–H and O–H groups in total. The lowest BCUT2D eigenvalue weighted by Gasteiger charge is -2.11. The van der Waals surface area contributed by atoms with E-state index < -0.39 is 27.7 Å². The second-order valence-electron chi connectivity index (χ2n) is 7.09. The molecule has 3 aromatic carbocycles. The van der Waals surface area contributed by atoms with Gasteiger partial charge in [-0.05, 0) is 55.0 Å². The highest BCUT2D eigenvalue weighted by molar-refractivity contribution is 7.92. The van der Waals surface area contributed by atoms with Crippen molar-refractivity contribution < 1.29 is 22.4 Å². The zero-order valence-corrected chi connectivity index (χ0v) is 19.1. The van der Waals surface area contributed by atoms with Gasteiger partial charge in [0, 0.05) is 24.2 Å². The number of carbonyl (C=O) groups excluding carboxylic acids is 2. The van der Waals surface area contributed by atoms with Crippen molar-refractivity contribution in [1.82, 2.24) is 10.6 Å². The molecule has 3 rings (SSSR count). The maximum Gasteiger partial charge on any atom is 0.261 e. The molecule has 3 aromatic rings. The van der Waals surface area contributed by atoms with Crippen molar-refractivity contribution in [3.05, 3.63) is 94.3 Å². The van der Waals surface area contributed by atoms with Crippen molar-refractivity contribution in [2.75, 3.05) is 17.8 Å². The second-order valence-corrected chi connectivity index (χ2v) is 9.18.